The van der Waals surface area contributed by atoms with Gasteiger partial charge in [0.25, 0.3) is 0 Å². The van der Waals surface area contributed by atoms with E-state index in [1.54, 1.807) is 17.1 Å². The van der Waals surface area contributed by atoms with Crippen molar-refractivity contribution >= 4 is 5.78 Å². The summed E-state index contributed by atoms with van der Waals surface area (Å²) < 4.78 is 3.56. The number of Topliss-reactive ketones (excluding diaryl/α,β-unsaturated/α-hetero) is 1. The Labute approximate surface area is 111 Å². The number of aryl methyl sites for hydroxylation is 1. The fraction of sp³-hybridized carbons (Fsp3) is 0.500. The van der Waals surface area contributed by atoms with Crippen LogP contribution in [0.3, 0.4) is 0 Å². The molecule has 7 heteroatoms. The van der Waals surface area contributed by atoms with Gasteiger partial charge < -0.3 is 10.3 Å². The van der Waals surface area contributed by atoms with E-state index in [1.807, 2.05) is 10.8 Å². The highest BCUT2D eigenvalue weighted by atomic mass is 16.1. The molecule has 2 heterocycles. The fourth-order valence-corrected chi connectivity index (χ4v) is 1.85. The Balaban J connectivity index is 2.05. The molecule has 0 saturated heterocycles. The predicted molar refractivity (Wildman–Crippen MR) is 69.6 cm³/mol. The highest BCUT2D eigenvalue weighted by Crippen LogP contribution is 2.05. The minimum atomic E-state index is -0.0770. The molecule has 0 spiro atoms. The highest BCUT2D eigenvalue weighted by Gasteiger charge is 2.14. The first-order valence-electron chi connectivity index (χ1n) is 6.38. The second kappa shape index (κ2) is 6.24. The Bertz CT molecular complexity index is 544. The Kier molecular flexibility index (Phi) is 4.40. The number of hydrogen-bond donors (Lipinski definition) is 1. The van der Waals surface area contributed by atoms with E-state index in [4.69, 9.17) is 5.73 Å². The number of aromatic nitrogens is 5. The predicted octanol–water partition coefficient (Wildman–Crippen LogP) is 0.269. The average molecular weight is 262 g/mol. The van der Waals surface area contributed by atoms with Gasteiger partial charge in [0.1, 0.15) is 11.5 Å². The van der Waals surface area contributed by atoms with E-state index >= 15 is 0 Å². The topological polar surface area (TPSA) is 91.6 Å². The van der Waals surface area contributed by atoms with Crippen LogP contribution in [0.25, 0.3) is 0 Å². The van der Waals surface area contributed by atoms with Crippen LogP contribution in [-0.4, -0.2) is 36.9 Å². The first-order valence-corrected chi connectivity index (χ1v) is 6.38. The summed E-state index contributed by atoms with van der Waals surface area (Å²) in [6.07, 6.45) is 6.47. The van der Waals surface area contributed by atoms with Crippen LogP contribution in [-0.2, 0) is 19.5 Å². The van der Waals surface area contributed by atoms with Gasteiger partial charge in [-0.1, -0.05) is 12.1 Å². The summed E-state index contributed by atoms with van der Waals surface area (Å²) >= 11 is 0. The van der Waals surface area contributed by atoms with Crippen molar-refractivity contribution in [2.45, 2.75) is 32.9 Å². The molecule has 0 amide bonds. The van der Waals surface area contributed by atoms with Crippen LogP contribution >= 0.6 is 0 Å². The van der Waals surface area contributed by atoms with Crippen molar-refractivity contribution in [3.63, 3.8) is 0 Å². The number of carbonyl (C=O) groups is 1. The fourth-order valence-electron chi connectivity index (χ4n) is 1.85. The monoisotopic (exact) mass is 262 g/mol. The molecule has 0 saturated carbocycles. The van der Waals surface area contributed by atoms with Gasteiger partial charge in [0.2, 0.25) is 0 Å². The molecular weight excluding hydrogens is 244 g/mol. The maximum atomic E-state index is 12.1. The van der Waals surface area contributed by atoms with Crippen LogP contribution in [0, 0.1) is 0 Å². The van der Waals surface area contributed by atoms with Crippen molar-refractivity contribution in [3.8, 4) is 0 Å². The third-order valence-corrected chi connectivity index (χ3v) is 2.77. The Morgan fingerprint density at radius 2 is 2.26 bits per heavy atom. The van der Waals surface area contributed by atoms with Gasteiger partial charge >= 0.3 is 0 Å². The van der Waals surface area contributed by atoms with Crippen molar-refractivity contribution in [1.82, 2.24) is 24.5 Å². The van der Waals surface area contributed by atoms with Crippen LogP contribution < -0.4 is 5.73 Å². The van der Waals surface area contributed by atoms with E-state index < -0.39 is 0 Å². The van der Waals surface area contributed by atoms with E-state index in [0.717, 1.165) is 18.8 Å². The summed E-state index contributed by atoms with van der Waals surface area (Å²) in [5, 5.41) is 7.72. The molecule has 2 rings (SSSR count). The van der Waals surface area contributed by atoms with E-state index in [2.05, 4.69) is 22.2 Å². The lowest BCUT2D eigenvalue weighted by molar-refractivity contribution is 0.0985. The average Bonchev–Trinajstić information content (AvgIpc) is 3.01. The maximum absolute atomic E-state index is 12.1. The molecule has 2 N–H and O–H groups in total. The van der Waals surface area contributed by atoms with Gasteiger partial charge in [-0.25, -0.2) is 4.98 Å². The zero-order valence-corrected chi connectivity index (χ0v) is 11.0. The first kappa shape index (κ1) is 13.4. The summed E-state index contributed by atoms with van der Waals surface area (Å²) in [6.45, 7) is 3.98. The largest absolute Gasteiger partial charge is 0.335 e. The van der Waals surface area contributed by atoms with Gasteiger partial charge in [-0.3, -0.25) is 9.48 Å². The Hall–Kier alpha value is -2.02. The molecule has 0 bridgehead atoms. The van der Waals surface area contributed by atoms with Crippen LogP contribution in [0.5, 0.6) is 0 Å². The number of imidazole rings is 1. The second-order valence-electron chi connectivity index (χ2n) is 4.29. The molecule has 2 aromatic rings. The number of ketones is 1. The second-order valence-corrected chi connectivity index (χ2v) is 4.29. The van der Waals surface area contributed by atoms with Gasteiger partial charge in [0.05, 0.1) is 19.2 Å². The minimum Gasteiger partial charge on any atom is -0.335 e. The summed E-state index contributed by atoms with van der Waals surface area (Å²) in [5.74, 6) is 0.687. The van der Waals surface area contributed by atoms with Crippen LogP contribution in [0.2, 0.25) is 0 Å². The van der Waals surface area contributed by atoms with Crippen LogP contribution in [0.15, 0.2) is 18.6 Å². The summed E-state index contributed by atoms with van der Waals surface area (Å²) in [7, 11) is 0. The molecule has 19 heavy (non-hydrogen) atoms. The van der Waals surface area contributed by atoms with Crippen molar-refractivity contribution in [2.75, 3.05) is 6.54 Å². The third kappa shape index (κ3) is 3.25. The first-order chi connectivity index (χ1) is 9.24. The molecule has 0 aliphatic carbocycles. The molecule has 7 nitrogen and oxygen atoms in total. The minimum absolute atomic E-state index is 0.0770. The Morgan fingerprint density at radius 1 is 1.42 bits per heavy atom. The molecular formula is C12H18N6O. The van der Waals surface area contributed by atoms with Crippen molar-refractivity contribution in [1.29, 1.82) is 0 Å². The zero-order chi connectivity index (χ0) is 13.7. The molecule has 0 aromatic carbocycles. The summed E-state index contributed by atoms with van der Waals surface area (Å²) in [6, 6.07) is 0. The van der Waals surface area contributed by atoms with Gasteiger partial charge in [0.15, 0.2) is 5.78 Å². The van der Waals surface area contributed by atoms with Crippen molar-refractivity contribution in [3.05, 3.63) is 30.1 Å². The van der Waals surface area contributed by atoms with Crippen molar-refractivity contribution in [2.24, 2.45) is 5.73 Å². The molecule has 0 radical (unpaired) electrons. The van der Waals surface area contributed by atoms with Gasteiger partial charge in [-0.05, 0) is 6.42 Å². The smallest absolute Gasteiger partial charge is 0.192 e. The standard InChI is InChI=1S/C12H18N6O/c1-2-5-17-7-4-14-12(17)8-11(19)10-9-18(6-3-13)16-15-10/h4,7,9H,2-3,5-6,8,13H2,1H3. The van der Waals surface area contributed by atoms with E-state index in [-0.39, 0.29) is 12.2 Å². The maximum Gasteiger partial charge on any atom is 0.192 e. The lowest BCUT2D eigenvalue weighted by Gasteiger charge is -2.04. The number of rotatable bonds is 7. The summed E-state index contributed by atoms with van der Waals surface area (Å²) in [5.41, 5.74) is 5.78. The number of carbonyl (C=O) groups excluding carboxylic acids is 1. The lowest BCUT2D eigenvalue weighted by atomic mass is 10.2. The molecule has 0 atom stereocenters. The molecule has 2 aromatic heterocycles. The Morgan fingerprint density at radius 3 is 3.00 bits per heavy atom. The van der Waals surface area contributed by atoms with E-state index in [9.17, 15) is 4.79 Å². The van der Waals surface area contributed by atoms with Crippen LogP contribution in [0.4, 0.5) is 0 Å². The quantitative estimate of drug-likeness (QED) is 0.723. The third-order valence-electron chi connectivity index (χ3n) is 2.77. The normalized spacial score (nSPS) is 10.8. The van der Waals surface area contributed by atoms with Crippen molar-refractivity contribution < 1.29 is 4.79 Å². The number of nitrogens with zero attached hydrogens (tertiary/aromatic N) is 5. The SMILES string of the molecule is CCCn1ccnc1CC(=O)c1cn(CCN)nn1. The van der Waals surface area contributed by atoms with Gasteiger partial charge in [-0.15, -0.1) is 5.10 Å². The zero-order valence-electron chi connectivity index (χ0n) is 11.0. The molecule has 0 unspecified atom stereocenters. The molecule has 0 aliphatic heterocycles. The van der Waals surface area contributed by atoms with Crippen LogP contribution in [0.1, 0.15) is 29.7 Å². The van der Waals surface area contributed by atoms with E-state index in [0.29, 0.717) is 18.8 Å². The highest BCUT2D eigenvalue weighted by molar-refractivity contribution is 5.94. The summed E-state index contributed by atoms with van der Waals surface area (Å²) in [4.78, 5) is 16.3. The number of hydrogen-bond acceptors (Lipinski definition) is 5. The lowest BCUT2D eigenvalue weighted by Crippen LogP contribution is -2.11. The van der Waals surface area contributed by atoms with Gasteiger partial charge in [0, 0.05) is 25.5 Å². The number of nitrogens with two attached hydrogens (primary N) is 1. The molecule has 0 aliphatic rings. The molecule has 0 fully saturated rings. The van der Waals surface area contributed by atoms with Gasteiger partial charge in [-0.2, -0.15) is 0 Å². The van der Waals surface area contributed by atoms with E-state index in [1.165, 1.54) is 0 Å². The molecule has 102 valence electrons.